The summed E-state index contributed by atoms with van der Waals surface area (Å²) in [6.45, 7) is 0. The fourth-order valence-electron chi connectivity index (χ4n) is 3.27. The van der Waals surface area contributed by atoms with E-state index in [2.05, 4.69) is 16.0 Å². The maximum Gasteiger partial charge on any atom is 0.370 e. The lowest BCUT2D eigenvalue weighted by Gasteiger charge is -2.17. The minimum atomic E-state index is -4.94. The number of aromatic nitrogens is 3. The summed E-state index contributed by atoms with van der Waals surface area (Å²) in [4.78, 5) is 11.2. The van der Waals surface area contributed by atoms with Gasteiger partial charge in [-0.05, 0) is 43.2 Å². The Morgan fingerprint density at radius 1 is 1.13 bits per heavy atom. The van der Waals surface area contributed by atoms with E-state index in [4.69, 9.17) is 27.5 Å². The number of allylic oxidation sites excluding steroid dienone is 3. The number of nitrogens with zero attached hydrogens (tertiary/aromatic N) is 4. The molecule has 3 aromatic heterocycles. The number of pyridine rings is 1. The van der Waals surface area contributed by atoms with Gasteiger partial charge < -0.3 is 13.7 Å². The van der Waals surface area contributed by atoms with Gasteiger partial charge in [0.25, 0.3) is 0 Å². The first kappa shape index (κ1) is 20.3. The molecule has 11 heteroatoms. The molecular formula is C19H17ClN4O6. The first-order valence-corrected chi connectivity index (χ1v) is 10.1. The van der Waals surface area contributed by atoms with Crippen molar-refractivity contribution in [3.05, 3.63) is 53.5 Å². The lowest BCUT2D eigenvalue weighted by atomic mass is 10.2. The number of hydrogen-bond acceptors (Lipinski definition) is 9. The summed E-state index contributed by atoms with van der Waals surface area (Å²) in [7, 11) is -1.01. The van der Waals surface area contributed by atoms with Crippen molar-refractivity contribution in [2.45, 2.75) is 12.8 Å². The van der Waals surface area contributed by atoms with Crippen LogP contribution in [0.15, 0.2) is 45.5 Å². The number of rotatable bonds is 1. The van der Waals surface area contributed by atoms with Gasteiger partial charge in [0, 0.05) is 29.4 Å². The molecule has 30 heavy (non-hydrogen) atoms. The van der Waals surface area contributed by atoms with Crippen LogP contribution in [-0.2, 0) is 7.05 Å². The molecule has 2 aliphatic rings. The van der Waals surface area contributed by atoms with Crippen LogP contribution in [0, 0.1) is 10.2 Å². The fraction of sp³-hybridized carbons (Fsp3) is 0.211. The van der Waals surface area contributed by atoms with Crippen molar-refractivity contribution in [1.29, 1.82) is 0 Å². The Morgan fingerprint density at radius 2 is 1.90 bits per heavy atom. The normalized spacial score (nSPS) is 17.4. The van der Waals surface area contributed by atoms with Crippen molar-refractivity contribution in [1.82, 2.24) is 9.97 Å². The highest BCUT2D eigenvalue weighted by molar-refractivity contribution is 5.80. The smallest absolute Gasteiger partial charge is 0.370 e. The standard InChI is InChI=1S/C19H17N4O2.ClHO4/c1-22-9-3-5-14-16(22)20-18(24-14)12-7-8-13(11-12)19-21-17-15(25-19)6-4-10-23(17)2;2-1(3,4)5/h3-6,9-11H,7-8H2,1-2H3;(H,2,3,4,5)/q+1;/p-1. The van der Waals surface area contributed by atoms with Gasteiger partial charge in [-0.3, -0.25) is 0 Å². The zero-order valence-corrected chi connectivity index (χ0v) is 16.8. The van der Waals surface area contributed by atoms with E-state index in [0.29, 0.717) is 11.4 Å². The van der Waals surface area contributed by atoms with E-state index >= 15 is 0 Å². The summed E-state index contributed by atoms with van der Waals surface area (Å²) < 4.78 is 47.8. The fourth-order valence-corrected chi connectivity index (χ4v) is 3.27. The van der Waals surface area contributed by atoms with Crippen LogP contribution in [0.1, 0.15) is 18.7 Å². The molecule has 0 spiro atoms. The highest BCUT2D eigenvalue weighted by Gasteiger charge is 2.24. The van der Waals surface area contributed by atoms with Gasteiger partial charge in [-0.2, -0.15) is 4.98 Å². The molecular weight excluding hydrogens is 416 g/mol. The summed E-state index contributed by atoms with van der Waals surface area (Å²) in [5, 5.41) is 0. The predicted octanol–water partition coefficient (Wildman–Crippen LogP) is -3.34. The van der Waals surface area contributed by atoms with Crippen LogP contribution >= 0.6 is 0 Å². The van der Waals surface area contributed by atoms with Crippen LogP contribution < -0.4 is 39.1 Å². The third-order valence-corrected chi connectivity index (χ3v) is 4.61. The number of anilines is 1. The minimum absolute atomic E-state index is 0.675. The molecule has 0 fully saturated rings. The first-order valence-electron chi connectivity index (χ1n) is 8.88. The number of halogens is 1. The van der Waals surface area contributed by atoms with Gasteiger partial charge in [0.2, 0.25) is 11.1 Å². The molecule has 0 saturated heterocycles. The Morgan fingerprint density at radius 3 is 2.60 bits per heavy atom. The quantitative estimate of drug-likeness (QED) is 0.359. The topological polar surface area (TPSA) is 151 Å². The second-order valence-electron chi connectivity index (χ2n) is 6.72. The molecule has 0 radical (unpaired) electrons. The van der Waals surface area contributed by atoms with Crippen LogP contribution in [-0.4, -0.2) is 17.0 Å². The molecule has 156 valence electrons. The van der Waals surface area contributed by atoms with Crippen LogP contribution in [0.2, 0.25) is 0 Å². The Hall–Kier alpha value is -3.02. The molecule has 0 atom stereocenters. The van der Waals surface area contributed by atoms with Gasteiger partial charge in [0.05, 0.1) is 13.2 Å². The molecule has 1 aliphatic carbocycles. The third-order valence-electron chi connectivity index (χ3n) is 4.61. The molecule has 0 saturated carbocycles. The zero-order valence-electron chi connectivity index (χ0n) is 16.1. The average molecular weight is 433 g/mol. The van der Waals surface area contributed by atoms with E-state index < -0.39 is 10.2 Å². The van der Waals surface area contributed by atoms with Crippen molar-refractivity contribution >= 4 is 34.3 Å². The highest BCUT2D eigenvalue weighted by atomic mass is 35.7. The molecule has 3 aromatic rings. The SMILES string of the molecule is CN1C=CC=c2o/c(=C3\C=C(c4nc5c(ccc[n+]5C)o4)CC3)nc21.[O-][Cl+3]([O-])([O-])[O-]. The van der Waals surface area contributed by atoms with Crippen molar-refractivity contribution in [3.63, 3.8) is 0 Å². The zero-order chi connectivity index (χ0) is 21.5. The summed E-state index contributed by atoms with van der Waals surface area (Å²) >= 11 is 0. The van der Waals surface area contributed by atoms with E-state index in [1.807, 2.05) is 60.2 Å². The van der Waals surface area contributed by atoms with Gasteiger partial charge in [-0.1, -0.05) is 0 Å². The van der Waals surface area contributed by atoms with Crippen molar-refractivity contribution in [2.75, 3.05) is 11.9 Å². The molecule has 1 aliphatic heterocycles. The van der Waals surface area contributed by atoms with Crippen LogP contribution in [0.4, 0.5) is 5.82 Å². The van der Waals surface area contributed by atoms with E-state index in [-0.39, 0.29) is 0 Å². The molecule has 0 aromatic carbocycles. The maximum atomic E-state index is 8.49. The van der Waals surface area contributed by atoms with Crippen molar-refractivity contribution < 1.29 is 42.3 Å². The monoisotopic (exact) mass is 432 g/mol. The maximum absolute atomic E-state index is 8.49. The molecule has 0 N–H and O–H groups in total. The Bertz CT molecular complexity index is 1280. The average Bonchev–Trinajstić information content (AvgIpc) is 3.38. The number of oxazole rings is 2. The molecule has 5 rings (SSSR count). The number of hydrogen-bond donors (Lipinski definition) is 0. The summed E-state index contributed by atoms with van der Waals surface area (Å²) in [5.41, 5.74) is 5.27. The molecule has 0 amide bonds. The van der Waals surface area contributed by atoms with Gasteiger partial charge >= 0.3 is 11.5 Å². The Labute approximate surface area is 172 Å². The Kier molecular flexibility index (Phi) is 5.18. The molecule has 0 unspecified atom stereocenters. The minimum Gasteiger partial charge on any atom is -0.435 e. The second kappa shape index (κ2) is 7.67. The second-order valence-corrected chi connectivity index (χ2v) is 7.48. The lowest BCUT2D eigenvalue weighted by Crippen LogP contribution is -2.68. The van der Waals surface area contributed by atoms with Gasteiger partial charge in [-0.25, -0.2) is 23.2 Å². The van der Waals surface area contributed by atoms with E-state index in [0.717, 1.165) is 46.5 Å². The molecule has 4 heterocycles. The van der Waals surface area contributed by atoms with Gasteiger partial charge in [-0.15, -0.1) is 10.2 Å². The third kappa shape index (κ3) is 4.27. The summed E-state index contributed by atoms with van der Waals surface area (Å²) in [6, 6.07) is 3.89. The molecule has 0 bridgehead atoms. The Balaban J connectivity index is 0.000000393. The lowest BCUT2D eigenvalue weighted by molar-refractivity contribution is -2.00. The summed E-state index contributed by atoms with van der Waals surface area (Å²) in [5.74, 6) is 1.52. The molecule has 10 nitrogen and oxygen atoms in total. The van der Waals surface area contributed by atoms with E-state index in [1.165, 1.54) is 0 Å². The van der Waals surface area contributed by atoms with Crippen LogP contribution in [0.3, 0.4) is 0 Å². The predicted molar refractivity (Wildman–Crippen MR) is 93.6 cm³/mol. The number of fused-ring (bicyclic) bond motifs is 2. The van der Waals surface area contributed by atoms with E-state index in [1.54, 1.807) is 0 Å². The highest BCUT2D eigenvalue weighted by Crippen LogP contribution is 2.32. The largest absolute Gasteiger partial charge is 0.435 e. The van der Waals surface area contributed by atoms with Crippen LogP contribution in [0.25, 0.3) is 28.5 Å². The van der Waals surface area contributed by atoms with Crippen molar-refractivity contribution in [3.8, 4) is 0 Å². The number of aryl methyl sites for hydroxylation is 1. The van der Waals surface area contributed by atoms with E-state index in [9.17, 15) is 0 Å². The van der Waals surface area contributed by atoms with Gasteiger partial charge in [0.15, 0.2) is 11.2 Å². The summed E-state index contributed by atoms with van der Waals surface area (Å²) in [6.07, 6.45) is 11.7. The van der Waals surface area contributed by atoms with Crippen LogP contribution in [0.5, 0.6) is 0 Å². The first-order chi connectivity index (χ1) is 14.2. The van der Waals surface area contributed by atoms with Crippen molar-refractivity contribution in [2.24, 2.45) is 7.05 Å². The van der Waals surface area contributed by atoms with Gasteiger partial charge in [0.1, 0.15) is 0 Å².